The van der Waals surface area contributed by atoms with Crippen LogP contribution >= 0.6 is 11.6 Å². The van der Waals surface area contributed by atoms with Crippen LogP contribution < -0.4 is 0 Å². The third-order valence-electron chi connectivity index (χ3n) is 3.84. The van der Waals surface area contributed by atoms with Gasteiger partial charge in [0, 0.05) is 12.6 Å². The van der Waals surface area contributed by atoms with Crippen molar-refractivity contribution in [2.24, 2.45) is 0 Å². The zero-order valence-corrected chi connectivity index (χ0v) is 14.4. The largest absolute Gasteiger partial charge is 0.480 e. The number of ether oxygens (including phenoxy) is 1. The normalized spacial score (nSPS) is 19.7. The van der Waals surface area contributed by atoms with E-state index in [1.54, 1.807) is 25.1 Å². The molecule has 0 bridgehead atoms. The number of carboxylic acids is 1. The third-order valence-corrected chi connectivity index (χ3v) is 6.42. The highest BCUT2D eigenvalue weighted by molar-refractivity contribution is 7.89. The first kappa shape index (κ1) is 18.2. The Morgan fingerprint density at radius 3 is 2.83 bits per heavy atom. The number of aryl methyl sites for hydroxylation is 1. The van der Waals surface area contributed by atoms with Crippen LogP contribution in [0.4, 0.5) is 0 Å². The molecule has 1 fully saturated rings. The summed E-state index contributed by atoms with van der Waals surface area (Å²) in [5, 5.41) is 8.84. The van der Waals surface area contributed by atoms with Crippen molar-refractivity contribution in [2.45, 2.75) is 37.1 Å². The fourth-order valence-electron chi connectivity index (χ4n) is 2.80. The Morgan fingerprint density at radius 1 is 1.43 bits per heavy atom. The topological polar surface area (TPSA) is 83.9 Å². The number of halogens is 1. The van der Waals surface area contributed by atoms with Crippen molar-refractivity contribution in [1.29, 1.82) is 0 Å². The van der Waals surface area contributed by atoms with Crippen molar-refractivity contribution in [2.75, 3.05) is 19.8 Å². The summed E-state index contributed by atoms with van der Waals surface area (Å²) >= 11 is 6.11. The number of rotatable bonds is 6. The maximum atomic E-state index is 13.0. The Balaban J connectivity index is 2.26. The minimum absolute atomic E-state index is 0.0645. The molecule has 0 saturated carbocycles. The summed E-state index contributed by atoms with van der Waals surface area (Å²) in [6.45, 7) is 1.72. The summed E-state index contributed by atoms with van der Waals surface area (Å²) < 4.78 is 32.5. The fourth-order valence-corrected chi connectivity index (χ4v) is 5.27. The smallest absolute Gasteiger partial charge is 0.329 e. The van der Waals surface area contributed by atoms with Gasteiger partial charge in [0.25, 0.3) is 0 Å². The van der Waals surface area contributed by atoms with Crippen LogP contribution in [0.1, 0.15) is 24.8 Å². The van der Waals surface area contributed by atoms with Gasteiger partial charge in [-0.25, -0.2) is 13.2 Å². The minimum Gasteiger partial charge on any atom is -0.480 e. The second kappa shape index (κ2) is 7.61. The van der Waals surface area contributed by atoms with Crippen molar-refractivity contribution in [3.05, 3.63) is 28.8 Å². The van der Waals surface area contributed by atoms with E-state index in [0.717, 1.165) is 12.8 Å². The van der Waals surface area contributed by atoms with Crippen LogP contribution in [0.25, 0.3) is 0 Å². The standard InChI is InChI=1S/C15H20ClNO5S/c1-11-5-4-7-13(16)15(11)23(20,21)17-8-3-2-6-12(17)9-22-10-14(18)19/h4-5,7,12H,2-3,6,8-10H2,1H3,(H,18,19)/t12-/m0/s1. The lowest BCUT2D eigenvalue weighted by Gasteiger charge is -2.34. The van der Waals surface area contributed by atoms with E-state index in [0.29, 0.717) is 18.5 Å². The summed E-state index contributed by atoms with van der Waals surface area (Å²) in [4.78, 5) is 10.7. The lowest BCUT2D eigenvalue weighted by molar-refractivity contribution is -0.142. The van der Waals surface area contributed by atoms with Crippen LogP contribution in [0.2, 0.25) is 5.02 Å². The van der Waals surface area contributed by atoms with E-state index in [2.05, 4.69) is 0 Å². The van der Waals surface area contributed by atoms with Crippen LogP contribution in [0.15, 0.2) is 23.1 Å². The monoisotopic (exact) mass is 361 g/mol. The number of nitrogens with zero attached hydrogens (tertiary/aromatic N) is 1. The van der Waals surface area contributed by atoms with Gasteiger partial charge in [0.05, 0.1) is 11.6 Å². The van der Waals surface area contributed by atoms with Gasteiger partial charge in [0.1, 0.15) is 11.5 Å². The quantitative estimate of drug-likeness (QED) is 0.840. The van der Waals surface area contributed by atoms with Crippen molar-refractivity contribution in [3.63, 3.8) is 0 Å². The summed E-state index contributed by atoms with van der Waals surface area (Å²) in [5.74, 6) is -1.07. The van der Waals surface area contributed by atoms with Crippen LogP contribution in [0.3, 0.4) is 0 Å². The van der Waals surface area contributed by atoms with Crippen molar-refractivity contribution < 1.29 is 23.1 Å². The highest BCUT2D eigenvalue weighted by Gasteiger charge is 2.35. The first-order chi connectivity index (χ1) is 10.8. The molecule has 23 heavy (non-hydrogen) atoms. The molecule has 0 aliphatic carbocycles. The molecule has 1 aromatic rings. The molecule has 0 aromatic heterocycles. The number of hydrogen-bond acceptors (Lipinski definition) is 4. The predicted molar refractivity (Wildman–Crippen MR) is 86.2 cm³/mol. The molecule has 1 saturated heterocycles. The van der Waals surface area contributed by atoms with Crippen LogP contribution in [-0.4, -0.2) is 49.6 Å². The molecule has 8 heteroatoms. The molecule has 1 atom stereocenters. The molecule has 128 valence electrons. The Kier molecular flexibility index (Phi) is 6.02. The van der Waals surface area contributed by atoms with E-state index in [4.69, 9.17) is 21.4 Å². The first-order valence-electron chi connectivity index (χ1n) is 7.40. The van der Waals surface area contributed by atoms with E-state index in [1.807, 2.05) is 0 Å². The lowest BCUT2D eigenvalue weighted by Crippen LogP contribution is -2.46. The van der Waals surface area contributed by atoms with Crippen LogP contribution in [0, 0.1) is 6.92 Å². The molecule has 2 rings (SSSR count). The van der Waals surface area contributed by atoms with Gasteiger partial charge in [0.2, 0.25) is 10.0 Å². The Labute approximate surface area is 141 Å². The molecule has 0 amide bonds. The zero-order chi connectivity index (χ0) is 17.0. The summed E-state index contributed by atoms with van der Waals surface area (Å²) in [6, 6.07) is 4.60. The Morgan fingerprint density at radius 2 is 2.17 bits per heavy atom. The molecule has 1 aliphatic heterocycles. The third kappa shape index (κ3) is 4.23. The van der Waals surface area contributed by atoms with Crippen molar-refractivity contribution in [3.8, 4) is 0 Å². The van der Waals surface area contributed by atoms with Crippen molar-refractivity contribution in [1.82, 2.24) is 4.31 Å². The van der Waals surface area contributed by atoms with Gasteiger partial charge >= 0.3 is 5.97 Å². The second-order valence-corrected chi connectivity index (χ2v) is 7.79. The molecule has 0 radical (unpaired) electrons. The van der Waals surface area contributed by atoms with Gasteiger partial charge < -0.3 is 9.84 Å². The van der Waals surface area contributed by atoms with Gasteiger partial charge in [-0.2, -0.15) is 4.31 Å². The number of carbonyl (C=O) groups is 1. The van der Waals surface area contributed by atoms with E-state index < -0.39 is 22.6 Å². The number of piperidine rings is 1. The number of aliphatic carboxylic acids is 1. The molecule has 1 aliphatic rings. The van der Waals surface area contributed by atoms with Gasteiger partial charge in [0.15, 0.2) is 0 Å². The van der Waals surface area contributed by atoms with Crippen LogP contribution in [0.5, 0.6) is 0 Å². The van der Waals surface area contributed by atoms with E-state index in [9.17, 15) is 13.2 Å². The zero-order valence-electron chi connectivity index (χ0n) is 12.9. The SMILES string of the molecule is Cc1cccc(Cl)c1S(=O)(=O)N1CCCC[C@H]1COCC(=O)O. The average molecular weight is 362 g/mol. The predicted octanol–water partition coefficient (Wildman–Crippen LogP) is 2.29. The van der Waals surface area contributed by atoms with Gasteiger partial charge in [-0.15, -0.1) is 0 Å². The summed E-state index contributed by atoms with van der Waals surface area (Å²) in [6.07, 6.45) is 2.29. The maximum Gasteiger partial charge on any atom is 0.329 e. The molecule has 1 aromatic carbocycles. The molecular formula is C15H20ClNO5S. The molecular weight excluding hydrogens is 342 g/mol. The molecule has 0 spiro atoms. The van der Waals surface area contributed by atoms with Crippen LogP contribution in [-0.2, 0) is 19.6 Å². The van der Waals surface area contributed by atoms with E-state index in [1.165, 1.54) is 4.31 Å². The molecule has 1 N–H and O–H groups in total. The lowest BCUT2D eigenvalue weighted by atomic mass is 10.1. The first-order valence-corrected chi connectivity index (χ1v) is 9.22. The van der Waals surface area contributed by atoms with Gasteiger partial charge in [-0.3, -0.25) is 0 Å². The molecule has 1 heterocycles. The van der Waals surface area contributed by atoms with Crippen molar-refractivity contribution >= 4 is 27.6 Å². The fraction of sp³-hybridized carbons (Fsp3) is 0.533. The molecule has 6 nitrogen and oxygen atoms in total. The average Bonchev–Trinajstić information content (AvgIpc) is 2.47. The molecule has 0 unspecified atom stereocenters. The van der Waals surface area contributed by atoms with E-state index in [-0.39, 0.29) is 22.6 Å². The summed E-state index contributed by atoms with van der Waals surface area (Å²) in [5.41, 5.74) is 0.591. The number of benzene rings is 1. The van der Waals surface area contributed by atoms with E-state index >= 15 is 0 Å². The number of carboxylic acid groups (broad SMARTS) is 1. The highest BCUT2D eigenvalue weighted by Crippen LogP contribution is 2.31. The number of hydrogen-bond donors (Lipinski definition) is 1. The van der Waals surface area contributed by atoms with Gasteiger partial charge in [-0.05, 0) is 31.4 Å². The maximum absolute atomic E-state index is 13.0. The highest BCUT2D eigenvalue weighted by atomic mass is 35.5. The minimum atomic E-state index is -3.75. The van der Waals surface area contributed by atoms with Gasteiger partial charge in [-0.1, -0.05) is 30.2 Å². The number of sulfonamides is 1. The Bertz CT molecular complexity index is 656. The Hall–Kier alpha value is -1.15. The second-order valence-electron chi connectivity index (χ2n) is 5.56. The summed E-state index contributed by atoms with van der Waals surface area (Å²) in [7, 11) is -3.75.